The Morgan fingerprint density at radius 3 is 2.43 bits per heavy atom. The Kier molecular flexibility index (Phi) is 2.76. The molecule has 0 spiro atoms. The zero-order chi connectivity index (χ0) is 15.1. The third-order valence-electron chi connectivity index (χ3n) is 3.25. The maximum atomic E-state index is 10.2. The molecule has 0 atom stereocenters. The van der Waals surface area contributed by atoms with Gasteiger partial charge in [-0.3, -0.25) is 0 Å². The highest BCUT2D eigenvalue weighted by Crippen LogP contribution is 2.44. The van der Waals surface area contributed by atoms with E-state index >= 15 is 0 Å². The van der Waals surface area contributed by atoms with E-state index in [4.69, 9.17) is 4.42 Å². The molecule has 0 fully saturated rings. The zero-order valence-corrected chi connectivity index (χ0v) is 10.9. The molecule has 1 aromatic heterocycles. The summed E-state index contributed by atoms with van der Waals surface area (Å²) in [6.45, 7) is 3.84. The molecule has 21 heavy (non-hydrogen) atoms. The highest BCUT2D eigenvalue weighted by atomic mass is 16.4. The largest absolute Gasteiger partial charge is 0.508 e. The summed E-state index contributed by atoms with van der Waals surface area (Å²) in [7, 11) is 0. The summed E-state index contributed by atoms with van der Waals surface area (Å²) in [5, 5.41) is 39.2. The van der Waals surface area contributed by atoms with Crippen LogP contribution in [-0.4, -0.2) is 20.4 Å². The van der Waals surface area contributed by atoms with Gasteiger partial charge in [0.1, 0.15) is 5.75 Å². The maximum absolute atomic E-state index is 10.2. The van der Waals surface area contributed by atoms with Gasteiger partial charge >= 0.3 is 0 Å². The number of fused-ring (bicyclic) bond motifs is 1. The molecule has 0 bridgehead atoms. The van der Waals surface area contributed by atoms with Gasteiger partial charge in [0, 0.05) is 5.57 Å². The Morgan fingerprint density at radius 2 is 1.71 bits per heavy atom. The molecule has 5 nitrogen and oxygen atoms in total. The lowest BCUT2D eigenvalue weighted by Gasteiger charge is -2.03. The van der Waals surface area contributed by atoms with Crippen molar-refractivity contribution in [2.45, 2.75) is 0 Å². The molecular formula is C16H12O5. The molecule has 5 heteroatoms. The Hall–Kier alpha value is -3.08. The molecule has 3 rings (SSSR count). The predicted molar refractivity (Wildman–Crippen MR) is 77.5 cm³/mol. The molecule has 0 unspecified atom stereocenters. The van der Waals surface area contributed by atoms with Gasteiger partial charge in [-0.25, -0.2) is 0 Å². The molecule has 0 aliphatic carbocycles. The van der Waals surface area contributed by atoms with Crippen molar-refractivity contribution in [1.82, 2.24) is 0 Å². The van der Waals surface area contributed by atoms with Gasteiger partial charge in [0.2, 0.25) is 5.75 Å². The minimum atomic E-state index is -0.447. The van der Waals surface area contributed by atoms with Crippen LogP contribution in [0.4, 0.5) is 0 Å². The lowest BCUT2D eigenvalue weighted by atomic mass is 10.0. The van der Waals surface area contributed by atoms with E-state index in [1.165, 1.54) is 24.3 Å². The van der Waals surface area contributed by atoms with Gasteiger partial charge < -0.3 is 24.8 Å². The normalized spacial score (nSPS) is 10.9. The van der Waals surface area contributed by atoms with Crippen molar-refractivity contribution < 1.29 is 24.8 Å². The first-order valence-electron chi connectivity index (χ1n) is 6.14. The summed E-state index contributed by atoms with van der Waals surface area (Å²) < 4.78 is 5.43. The van der Waals surface area contributed by atoms with Crippen LogP contribution in [0.3, 0.4) is 0 Å². The second kappa shape index (κ2) is 4.49. The highest BCUT2D eigenvalue weighted by Gasteiger charge is 2.20. The quantitative estimate of drug-likeness (QED) is 0.542. The minimum absolute atomic E-state index is 0.0243. The van der Waals surface area contributed by atoms with Gasteiger partial charge in [0.05, 0.1) is 5.39 Å². The lowest BCUT2D eigenvalue weighted by molar-refractivity contribution is 0.399. The Balaban J connectivity index is 2.19. The number of furan rings is 1. The first-order chi connectivity index (χ1) is 9.99. The molecular weight excluding hydrogens is 272 g/mol. The molecule has 0 saturated heterocycles. The first-order valence-corrected chi connectivity index (χ1v) is 6.14. The van der Waals surface area contributed by atoms with Crippen molar-refractivity contribution >= 4 is 16.5 Å². The topological polar surface area (TPSA) is 94.1 Å². The fourth-order valence-electron chi connectivity index (χ4n) is 2.15. The summed E-state index contributed by atoms with van der Waals surface area (Å²) in [5.74, 6) is -0.849. The highest BCUT2D eigenvalue weighted by molar-refractivity contribution is 5.96. The second-order valence-electron chi connectivity index (χ2n) is 4.62. The van der Waals surface area contributed by atoms with Crippen molar-refractivity contribution in [2.24, 2.45) is 0 Å². The SMILES string of the molecule is C=C(c1cccc(O)c1)c1oc2c(O)c(O)ccc2c1O. The van der Waals surface area contributed by atoms with E-state index in [-0.39, 0.29) is 34.0 Å². The van der Waals surface area contributed by atoms with Crippen molar-refractivity contribution in [3.63, 3.8) is 0 Å². The number of hydrogen-bond donors (Lipinski definition) is 4. The van der Waals surface area contributed by atoms with Crippen LogP contribution in [0.15, 0.2) is 47.4 Å². The van der Waals surface area contributed by atoms with Crippen LogP contribution in [0.5, 0.6) is 23.0 Å². The third kappa shape index (κ3) is 1.95. The van der Waals surface area contributed by atoms with Gasteiger partial charge in [0.15, 0.2) is 22.8 Å². The molecule has 1 heterocycles. The van der Waals surface area contributed by atoms with Crippen LogP contribution in [-0.2, 0) is 0 Å². The number of phenolic OH excluding ortho intramolecular Hbond substituents is 3. The van der Waals surface area contributed by atoms with Crippen LogP contribution in [0.25, 0.3) is 16.5 Å². The molecule has 3 aromatic rings. The van der Waals surface area contributed by atoms with E-state index in [2.05, 4.69) is 6.58 Å². The summed E-state index contributed by atoms with van der Waals surface area (Å²) in [6, 6.07) is 9.02. The monoisotopic (exact) mass is 284 g/mol. The average molecular weight is 284 g/mol. The number of benzene rings is 2. The van der Waals surface area contributed by atoms with Crippen molar-refractivity contribution in [3.05, 3.63) is 54.3 Å². The van der Waals surface area contributed by atoms with Crippen LogP contribution < -0.4 is 0 Å². The Labute approximate surface area is 119 Å². The van der Waals surface area contributed by atoms with E-state index in [9.17, 15) is 20.4 Å². The summed E-state index contributed by atoms with van der Waals surface area (Å²) in [6.07, 6.45) is 0. The van der Waals surface area contributed by atoms with Crippen LogP contribution >= 0.6 is 0 Å². The van der Waals surface area contributed by atoms with Crippen LogP contribution in [0.1, 0.15) is 11.3 Å². The van der Waals surface area contributed by atoms with Crippen molar-refractivity contribution in [2.75, 3.05) is 0 Å². The van der Waals surface area contributed by atoms with E-state index in [1.54, 1.807) is 12.1 Å². The van der Waals surface area contributed by atoms with E-state index < -0.39 is 5.75 Å². The van der Waals surface area contributed by atoms with Gasteiger partial charge in [-0.2, -0.15) is 0 Å². The number of phenols is 3. The summed E-state index contributed by atoms with van der Waals surface area (Å²) >= 11 is 0. The van der Waals surface area contributed by atoms with E-state index in [0.29, 0.717) is 11.1 Å². The Bertz CT molecular complexity index is 860. The van der Waals surface area contributed by atoms with E-state index in [1.807, 2.05) is 0 Å². The fraction of sp³-hybridized carbons (Fsp3) is 0. The van der Waals surface area contributed by atoms with Crippen LogP contribution in [0, 0.1) is 0 Å². The van der Waals surface area contributed by atoms with Gasteiger partial charge in [-0.15, -0.1) is 0 Å². The molecule has 0 radical (unpaired) electrons. The van der Waals surface area contributed by atoms with Crippen molar-refractivity contribution in [1.29, 1.82) is 0 Å². The van der Waals surface area contributed by atoms with Gasteiger partial charge in [-0.1, -0.05) is 18.7 Å². The molecule has 0 saturated carbocycles. The summed E-state index contributed by atoms with van der Waals surface area (Å²) in [5.41, 5.74) is 0.885. The molecule has 0 aliphatic rings. The average Bonchev–Trinajstić information content (AvgIpc) is 2.80. The Morgan fingerprint density at radius 1 is 0.952 bits per heavy atom. The molecule has 0 amide bonds. The minimum Gasteiger partial charge on any atom is -0.508 e. The molecule has 2 aromatic carbocycles. The molecule has 0 aliphatic heterocycles. The lowest BCUT2D eigenvalue weighted by Crippen LogP contribution is -1.83. The number of aromatic hydroxyl groups is 4. The van der Waals surface area contributed by atoms with Gasteiger partial charge in [0.25, 0.3) is 0 Å². The van der Waals surface area contributed by atoms with Crippen molar-refractivity contribution in [3.8, 4) is 23.0 Å². The molecule has 4 N–H and O–H groups in total. The zero-order valence-electron chi connectivity index (χ0n) is 10.9. The van der Waals surface area contributed by atoms with E-state index in [0.717, 1.165) is 0 Å². The number of rotatable bonds is 2. The third-order valence-corrected chi connectivity index (χ3v) is 3.25. The van der Waals surface area contributed by atoms with Gasteiger partial charge in [-0.05, 0) is 29.8 Å². The maximum Gasteiger partial charge on any atom is 0.201 e. The first kappa shape index (κ1) is 12.9. The summed E-state index contributed by atoms with van der Waals surface area (Å²) in [4.78, 5) is 0. The predicted octanol–water partition coefficient (Wildman–Crippen LogP) is 3.32. The second-order valence-corrected chi connectivity index (χ2v) is 4.62. The molecule has 106 valence electrons. The standard InChI is InChI=1S/C16H12O5/c1-8(9-3-2-4-10(17)7-9)15-13(19)11-5-6-12(18)14(20)16(11)21-15/h2-7,17-20H,1H2. The number of hydrogen-bond acceptors (Lipinski definition) is 5. The van der Waals surface area contributed by atoms with Crippen LogP contribution in [0.2, 0.25) is 0 Å². The smallest absolute Gasteiger partial charge is 0.201 e. The fourth-order valence-corrected chi connectivity index (χ4v) is 2.15.